The first-order valence-electron chi connectivity index (χ1n) is 9.59. The number of nitrogens with one attached hydrogen (secondary N) is 1. The molecule has 2 heteroatoms. The Balaban J connectivity index is 1.67. The molecule has 3 aliphatic rings. The molecular formula is C19H36N2. The van der Waals surface area contributed by atoms with Gasteiger partial charge in [-0.2, -0.15) is 0 Å². The number of nitrogens with zero attached hydrogens (tertiary/aromatic N) is 1. The number of piperidine rings is 1. The van der Waals surface area contributed by atoms with Crippen LogP contribution in [0.2, 0.25) is 0 Å². The molecule has 1 N–H and O–H groups in total. The van der Waals surface area contributed by atoms with Crippen molar-refractivity contribution >= 4 is 0 Å². The molecule has 2 saturated carbocycles. The topological polar surface area (TPSA) is 15.3 Å². The van der Waals surface area contributed by atoms with Crippen molar-refractivity contribution in [3.63, 3.8) is 0 Å². The SMILES string of the molecule is CCC(C)(C(CC1CC2CCC1C2)NC)N1CCCCC1. The van der Waals surface area contributed by atoms with E-state index in [4.69, 9.17) is 0 Å². The Morgan fingerprint density at radius 3 is 2.43 bits per heavy atom. The van der Waals surface area contributed by atoms with Gasteiger partial charge in [0.05, 0.1) is 0 Å². The molecule has 0 aromatic heterocycles. The molecule has 1 heterocycles. The van der Waals surface area contributed by atoms with Crippen LogP contribution in [-0.2, 0) is 0 Å². The van der Waals surface area contributed by atoms with E-state index in [0.29, 0.717) is 11.6 Å². The van der Waals surface area contributed by atoms with Crippen LogP contribution in [0, 0.1) is 17.8 Å². The molecule has 0 amide bonds. The van der Waals surface area contributed by atoms with Gasteiger partial charge in [-0.25, -0.2) is 0 Å². The third-order valence-corrected chi connectivity index (χ3v) is 7.32. The lowest BCUT2D eigenvalue weighted by atomic mass is 9.76. The molecule has 0 aromatic carbocycles. The Hall–Kier alpha value is -0.0800. The minimum atomic E-state index is 0.358. The summed E-state index contributed by atoms with van der Waals surface area (Å²) < 4.78 is 0. The average Bonchev–Trinajstić information content (AvgIpc) is 3.15. The average molecular weight is 293 g/mol. The van der Waals surface area contributed by atoms with Crippen LogP contribution in [0.5, 0.6) is 0 Å². The van der Waals surface area contributed by atoms with Crippen LogP contribution in [0.25, 0.3) is 0 Å². The van der Waals surface area contributed by atoms with Crippen molar-refractivity contribution in [2.24, 2.45) is 17.8 Å². The first kappa shape index (κ1) is 15.8. The van der Waals surface area contributed by atoms with Gasteiger partial charge in [-0.15, -0.1) is 0 Å². The first-order valence-corrected chi connectivity index (χ1v) is 9.59. The quantitative estimate of drug-likeness (QED) is 0.794. The molecule has 1 aliphatic heterocycles. The van der Waals surface area contributed by atoms with Crippen molar-refractivity contribution < 1.29 is 0 Å². The van der Waals surface area contributed by atoms with Crippen molar-refractivity contribution in [3.05, 3.63) is 0 Å². The third kappa shape index (κ3) is 3.03. The van der Waals surface area contributed by atoms with Crippen molar-refractivity contribution in [1.82, 2.24) is 10.2 Å². The molecule has 1 saturated heterocycles. The fourth-order valence-electron chi connectivity index (χ4n) is 5.75. The highest BCUT2D eigenvalue weighted by atomic mass is 15.2. The molecule has 21 heavy (non-hydrogen) atoms. The summed E-state index contributed by atoms with van der Waals surface area (Å²) in [6.45, 7) is 7.57. The smallest absolute Gasteiger partial charge is 0.0331 e. The summed E-state index contributed by atoms with van der Waals surface area (Å²) in [4.78, 5) is 2.81. The molecule has 3 fully saturated rings. The highest BCUT2D eigenvalue weighted by Crippen LogP contribution is 2.50. The summed E-state index contributed by atoms with van der Waals surface area (Å²) >= 11 is 0. The van der Waals surface area contributed by atoms with Crippen LogP contribution in [0.4, 0.5) is 0 Å². The lowest BCUT2D eigenvalue weighted by Gasteiger charge is -2.49. The van der Waals surface area contributed by atoms with Crippen molar-refractivity contribution in [2.45, 2.75) is 83.2 Å². The molecule has 3 rings (SSSR count). The van der Waals surface area contributed by atoms with Gasteiger partial charge >= 0.3 is 0 Å². The van der Waals surface area contributed by atoms with Crippen molar-refractivity contribution in [3.8, 4) is 0 Å². The van der Waals surface area contributed by atoms with E-state index in [0.717, 1.165) is 17.8 Å². The minimum Gasteiger partial charge on any atom is -0.315 e. The summed E-state index contributed by atoms with van der Waals surface area (Å²) in [6, 6.07) is 0.671. The Morgan fingerprint density at radius 2 is 1.90 bits per heavy atom. The molecule has 0 radical (unpaired) electrons. The predicted octanol–water partition coefficient (Wildman–Crippen LogP) is 4.06. The van der Waals surface area contributed by atoms with Gasteiger partial charge in [0.15, 0.2) is 0 Å². The van der Waals surface area contributed by atoms with E-state index >= 15 is 0 Å². The van der Waals surface area contributed by atoms with Crippen LogP contribution in [0.1, 0.15) is 71.6 Å². The van der Waals surface area contributed by atoms with Crippen LogP contribution in [0.15, 0.2) is 0 Å². The number of likely N-dealkylation sites (N-methyl/N-ethyl adjacent to an activating group) is 1. The zero-order valence-electron chi connectivity index (χ0n) is 14.5. The van der Waals surface area contributed by atoms with E-state index < -0.39 is 0 Å². The Bertz CT molecular complexity index is 336. The fraction of sp³-hybridized carbons (Fsp3) is 1.00. The Kier molecular flexibility index (Phi) is 4.95. The maximum atomic E-state index is 3.74. The van der Waals surface area contributed by atoms with Gasteiger partial charge in [0.2, 0.25) is 0 Å². The molecule has 2 bridgehead atoms. The van der Waals surface area contributed by atoms with E-state index in [1.165, 1.54) is 64.5 Å². The molecule has 2 aliphatic carbocycles. The first-order chi connectivity index (χ1) is 10.2. The second kappa shape index (κ2) is 6.58. The normalized spacial score (nSPS) is 37.6. The summed E-state index contributed by atoms with van der Waals surface area (Å²) in [5.74, 6) is 3.16. The van der Waals surface area contributed by atoms with Crippen LogP contribution in [0.3, 0.4) is 0 Å². The zero-order chi connectivity index (χ0) is 14.9. The highest BCUT2D eigenvalue weighted by molar-refractivity contribution is 5.00. The maximum Gasteiger partial charge on any atom is 0.0331 e. The molecule has 5 unspecified atom stereocenters. The second-order valence-corrected chi connectivity index (χ2v) is 8.27. The van der Waals surface area contributed by atoms with Gasteiger partial charge < -0.3 is 5.32 Å². The van der Waals surface area contributed by atoms with Gasteiger partial charge in [-0.3, -0.25) is 4.90 Å². The fourth-order valence-corrected chi connectivity index (χ4v) is 5.75. The summed E-state index contributed by atoms with van der Waals surface area (Å²) in [5.41, 5.74) is 0.358. The van der Waals surface area contributed by atoms with Crippen LogP contribution < -0.4 is 5.32 Å². The summed E-state index contributed by atoms with van der Waals surface area (Å²) in [5, 5.41) is 3.74. The molecule has 0 spiro atoms. The van der Waals surface area contributed by atoms with Gasteiger partial charge in [-0.1, -0.05) is 19.8 Å². The van der Waals surface area contributed by atoms with E-state index in [-0.39, 0.29) is 0 Å². The number of likely N-dealkylation sites (tertiary alicyclic amines) is 1. The number of hydrogen-bond donors (Lipinski definition) is 1. The molecular weight excluding hydrogens is 256 g/mol. The van der Waals surface area contributed by atoms with Gasteiger partial charge in [0.1, 0.15) is 0 Å². The molecule has 5 atom stereocenters. The van der Waals surface area contributed by atoms with Crippen LogP contribution >= 0.6 is 0 Å². The highest BCUT2D eigenvalue weighted by Gasteiger charge is 2.44. The lowest BCUT2D eigenvalue weighted by molar-refractivity contribution is 0.0340. The second-order valence-electron chi connectivity index (χ2n) is 8.27. The summed E-state index contributed by atoms with van der Waals surface area (Å²) in [7, 11) is 2.20. The summed E-state index contributed by atoms with van der Waals surface area (Å²) in [6.07, 6.45) is 13.1. The van der Waals surface area contributed by atoms with E-state index in [1.54, 1.807) is 6.42 Å². The van der Waals surface area contributed by atoms with E-state index in [9.17, 15) is 0 Å². The number of hydrogen-bond acceptors (Lipinski definition) is 2. The van der Waals surface area contributed by atoms with Gasteiger partial charge in [0, 0.05) is 11.6 Å². The maximum absolute atomic E-state index is 3.74. The Labute approximate surface area is 132 Å². The van der Waals surface area contributed by atoms with Gasteiger partial charge in [0.25, 0.3) is 0 Å². The Morgan fingerprint density at radius 1 is 1.14 bits per heavy atom. The minimum absolute atomic E-state index is 0.358. The largest absolute Gasteiger partial charge is 0.315 e. The monoisotopic (exact) mass is 292 g/mol. The van der Waals surface area contributed by atoms with Crippen molar-refractivity contribution in [1.29, 1.82) is 0 Å². The molecule has 2 nitrogen and oxygen atoms in total. The van der Waals surface area contributed by atoms with E-state index in [1.807, 2.05) is 0 Å². The van der Waals surface area contributed by atoms with Crippen molar-refractivity contribution in [2.75, 3.05) is 20.1 Å². The van der Waals surface area contributed by atoms with Gasteiger partial charge in [-0.05, 0) is 89.8 Å². The number of rotatable bonds is 6. The van der Waals surface area contributed by atoms with Crippen LogP contribution in [-0.4, -0.2) is 36.6 Å². The third-order valence-electron chi connectivity index (χ3n) is 7.32. The molecule has 122 valence electrons. The zero-order valence-corrected chi connectivity index (χ0v) is 14.5. The molecule has 0 aromatic rings. The number of fused-ring (bicyclic) bond motifs is 2. The predicted molar refractivity (Wildman–Crippen MR) is 90.5 cm³/mol. The standard InChI is InChI=1S/C19H36N2/c1-4-19(2,21-10-6-5-7-11-21)18(20-3)14-17-13-15-8-9-16(17)12-15/h15-18,20H,4-14H2,1-3H3. The van der Waals surface area contributed by atoms with E-state index in [2.05, 4.69) is 31.1 Å². The lowest BCUT2D eigenvalue weighted by Crippen LogP contribution is -2.60.